The van der Waals surface area contributed by atoms with Gasteiger partial charge in [-0.05, 0) is 12.1 Å². The fourth-order valence-electron chi connectivity index (χ4n) is 0.656. The van der Waals surface area contributed by atoms with Crippen molar-refractivity contribution in [2.45, 2.75) is 0 Å². The van der Waals surface area contributed by atoms with Gasteiger partial charge in [0.25, 0.3) is 0 Å². The van der Waals surface area contributed by atoms with Gasteiger partial charge < -0.3 is 5.73 Å². The van der Waals surface area contributed by atoms with E-state index in [2.05, 4.69) is 9.71 Å². The van der Waals surface area contributed by atoms with E-state index in [9.17, 15) is 8.42 Å². The molecule has 1 aromatic rings. The van der Waals surface area contributed by atoms with Gasteiger partial charge in [0.2, 0.25) is 10.0 Å². The van der Waals surface area contributed by atoms with Crippen LogP contribution < -0.4 is 10.5 Å². The summed E-state index contributed by atoms with van der Waals surface area (Å²) in [4.78, 5) is 3.75. The number of rotatable bonds is 2. The summed E-state index contributed by atoms with van der Waals surface area (Å²) in [5.41, 5.74) is 5.85. The Morgan fingerprint density at radius 2 is 2.17 bits per heavy atom. The van der Waals surface area contributed by atoms with E-state index in [-0.39, 0.29) is 5.82 Å². The van der Waals surface area contributed by atoms with E-state index in [0.717, 1.165) is 6.26 Å². The maximum Gasteiger partial charge on any atom is 0.230 e. The highest BCUT2D eigenvalue weighted by Crippen LogP contribution is 2.06. The van der Waals surface area contributed by atoms with Crippen molar-refractivity contribution in [1.82, 2.24) is 4.98 Å². The molecule has 0 saturated carbocycles. The van der Waals surface area contributed by atoms with Crippen LogP contribution in [0.1, 0.15) is 0 Å². The number of nitrogens with two attached hydrogens (primary N) is 1. The molecule has 1 heterocycles. The van der Waals surface area contributed by atoms with Crippen molar-refractivity contribution in [3.05, 3.63) is 18.3 Å². The molecule has 0 amide bonds. The summed E-state index contributed by atoms with van der Waals surface area (Å²) >= 11 is 0. The van der Waals surface area contributed by atoms with Crippen molar-refractivity contribution >= 4 is 21.5 Å². The zero-order chi connectivity index (χ0) is 9.19. The van der Waals surface area contributed by atoms with Gasteiger partial charge in [0.15, 0.2) is 0 Å². The third-order valence-electron chi connectivity index (χ3n) is 1.08. The van der Waals surface area contributed by atoms with Crippen LogP contribution in [0, 0.1) is 0 Å². The van der Waals surface area contributed by atoms with Crippen LogP contribution >= 0.6 is 0 Å². The highest BCUT2D eigenvalue weighted by molar-refractivity contribution is 7.92. The first-order chi connectivity index (χ1) is 5.47. The number of nitrogen functional groups attached to an aromatic ring is 1. The van der Waals surface area contributed by atoms with Gasteiger partial charge in [-0.3, -0.25) is 4.72 Å². The van der Waals surface area contributed by atoms with Crippen LogP contribution in [0.3, 0.4) is 0 Å². The third-order valence-corrected chi connectivity index (χ3v) is 1.66. The average Bonchev–Trinajstić information content (AvgIpc) is 1.91. The van der Waals surface area contributed by atoms with Crippen LogP contribution in [0.4, 0.5) is 11.5 Å². The summed E-state index contributed by atoms with van der Waals surface area (Å²) in [5, 5.41) is 0. The van der Waals surface area contributed by atoms with Gasteiger partial charge in [-0.15, -0.1) is 0 Å². The maximum absolute atomic E-state index is 10.7. The molecule has 0 aliphatic carbocycles. The van der Waals surface area contributed by atoms with Gasteiger partial charge in [-0.2, -0.15) is 0 Å². The Morgan fingerprint density at radius 1 is 1.50 bits per heavy atom. The molecule has 3 N–H and O–H groups in total. The Hall–Kier alpha value is -1.30. The Labute approximate surface area is 70.7 Å². The zero-order valence-corrected chi connectivity index (χ0v) is 7.30. The molecule has 12 heavy (non-hydrogen) atoms. The smallest absolute Gasteiger partial charge is 0.230 e. The highest BCUT2D eigenvalue weighted by Gasteiger charge is 2.01. The van der Waals surface area contributed by atoms with Crippen molar-refractivity contribution in [2.24, 2.45) is 0 Å². The molecule has 1 aromatic heterocycles. The number of nitrogens with zero attached hydrogens (tertiary/aromatic N) is 1. The topological polar surface area (TPSA) is 85.1 Å². The second kappa shape index (κ2) is 2.98. The van der Waals surface area contributed by atoms with Gasteiger partial charge in [0.05, 0.1) is 18.1 Å². The van der Waals surface area contributed by atoms with Gasteiger partial charge in [0, 0.05) is 0 Å². The molecule has 6 heteroatoms. The first-order valence-corrected chi connectivity index (χ1v) is 5.06. The van der Waals surface area contributed by atoms with Crippen molar-refractivity contribution in [3.63, 3.8) is 0 Å². The molecule has 66 valence electrons. The molecular formula is C6H9N3O2S. The summed E-state index contributed by atoms with van der Waals surface area (Å²) in [6, 6.07) is 3.07. The molecule has 0 saturated heterocycles. The van der Waals surface area contributed by atoms with Crippen molar-refractivity contribution in [2.75, 3.05) is 16.7 Å². The molecule has 0 unspecified atom stereocenters. The summed E-state index contributed by atoms with van der Waals surface area (Å²) in [6.07, 6.45) is 2.44. The van der Waals surface area contributed by atoms with Crippen molar-refractivity contribution in [3.8, 4) is 0 Å². The largest absolute Gasteiger partial charge is 0.397 e. The van der Waals surface area contributed by atoms with Gasteiger partial charge >= 0.3 is 0 Å². The van der Waals surface area contributed by atoms with E-state index in [4.69, 9.17) is 5.73 Å². The lowest BCUT2D eigenvalue weighted by Gasteiger charge is -2.01. The maximum atomic E-state index is 10.7. The monoisotopic (exact) mass is 187 g/mol. The molecule has 0 fully saturated rings. The molecule has 0 aromatic carbocycles. The Morgan fingerprint density at radius 3 is 2.58 bits per heavy atom. The lowest BCUT2D eigenvalue weighted by Crippen LogP contribution is -2.10. The third kappa shape index (κ3) is 2.75. The van der Waals surface area contributed by atoms with Crippen LogP contribution in [-0.4, -0.2) is 19.7 Å². The predicted molar refractivity (Wildman–Crippen MR) is 47.1 cm³/mol. The Kier molecular flexibility index (Phi) is 2.18. The summed E-state index contributed by atoms with van der Waals surface area (Å²) < 4.78 is 23.6. The predicted octanol–water partition coefficient (Wildman–Crippen LogP) is 0.0353. The Bertz CT molecular complexity index is 357. The molecule has 0 aliphatic heterocycles. The summed E-state index contributed by atoms with van der Waals surface area (Å²) in [7, 11) is -3.24. The molecule has 1 rings (SSSR count). The van der Waals surface area contributed by atoms with Crippen molar-refractivity contribution in [1.29, 1.82) is 0 Å². The van der Waals surface area contributed by atoms with Crippen LogP contribution in [0.15, 0.2) is 18.3 Å². The van der Waals surface area contributed by atoms with Crippen LogP contribution in [0.25, 0.3) is 0 Å². The molecule has 0 aliphatic rings. The summed E-state index contributed by atoms with van der Waals surface area (Å²) in [5.74, 6) is 0.270. The lowest BCUT2D eigenvalue weighted by atomic mass is 10.4. The van der Waals surface area contributed by atoms with Crippen molar-refractivity contribution < 1.29 is 8.42 Å². The van der Waals surface area contributed by atoms with E-state index in [0.29, 0.717) is 5.69 Å². The van der Waals surface area contributed by atoms with Gasteiger partial charge in [-0.25, -0.2) is 13.4 Å². The van der Waals surface area contributed by atoms with E-state index in [1.807, 2.05) is 0 Å². The minimum atomic E-state index is -3.24. The number of pyridine rings is 1. The molecule has 0 spiro atoms. The fourth-order valence-corrected chi connectivity index (χ4v) is 1.16. The Balaban J connectivity index is 2.85. The van der Waals surface area contributed by atoms with E-state index >= 15 is 0 Å². The number of nitrogens with one attached hydrogen (secondary N) is 1. The van der Waals surface area contributed by atoms with Crippen LogP contribution in [-0.2, 0) is 10.0 Å². The first kappa shape index (κ1) is 8.79. The second-order valence-electron chi connectivity index (χ2n) is 2.35. The molecule has 0 radical (unpaired) electrons. The van der Waals surface area contributed by atoms with Gasteiger partial charge in [-0.1, -0.05) is 0 Å². The van der Waals surface area contributed by atoms with E-state index in [1.54, 1.807) is 6.07 Å². The minimum absolute atomic E-state index is 0.270. The number of hydrogen-bond acceptors (Lipinski definition) is 4. The van der Waals surface area contributed by atoms with Crippen LogP contribution in [0.5, 0.6) is 0 Å². The lowest BCUT2D eigenvalue weighted by molar-refractivity contribution is 0.606. The normalized spacial score (nSPS) is 11.1. The number of aromatic nitrogens is 1. The number of anilines is 2. The standard InChI is InChI=1S/C6H9N3O2S/c1-12(10,11)9-6-3-2-5(7)4-8-6/h2-4H,7H2,1H3,(H,8,9). The summed E-state index contributed by atoms with van der Waals surface area (Å²) in [6.45, 7) is 0. The zero-order valence-electron chi connectivity index (χ0n) is 6.48. The average molecular weight is 187 g/mol. The number of hydrogen-bond donors (Lipinski definition) is 2. The SMILES string of the molecule is CS(=O)(=O)Nc1ccc(N)cn1. The van der Waals surface area contributed by atoms with Gasteiger partial charge in [0.1, 0.15) is 5.82 Å². The molecule has 0 bridgehead atoms. The fraction of sp³-hybridized carbons (Fsp3) is 0.167. The number of sulfonamides is 1. The van der Waals surface area contributed by atoms with Crippen LogP contribution in [0.2, 0.25) is 0 Å². The van der Waals surface area contributed by atoms with E-state index in [1.165, 1.54) is 12.3 Å². The minimum Gasteiger partial charge on any atom is -0.397 e. The quantitative estimate of drug-likeness (QED) is 0.684. The first-order valence-electron chi connectivity index (χ1n) is 3.17. The molecule has 0 atom stereocenters. The second-order valence-corrected chi connectivity index (χ2v) is 4.10. The highest BCUT2D eigenvalue weighted by atomic mass is 32.2. The molecular weight excluding hydrogens is 178 g/mol. The molecule has 5 nitrogen and oxygen atoms in total. The van der Waals surface area contributed by atoms with E-state index < -0.39 is 10.0 Å².